The molecule has 0 saturated carbocycles. The summed E-state index contributed by atoms with van der Waals surface area (Å²) in [6.07, 6.45) is 6.80. The van der Waals surface area contributed by atoms with Crippen LogP contribution in [0.5, 0.6) is 0 Å². The van der Waals surface area contributed by atoms with E-state index < -0.39 is 10.0 Å². The van der Waals surface area contributed by atoms with Crippen LogP contribution < -0.4 is 0 Å². The molecule has 4 rings (SSSR count). The van der Waals surface area contributed by atoms with E-state index in [1.165, 1.54) is 16.9 Å². The van der Waals surface area contributed by atoms with Crippen LogP contribution in [0.4, 0.5) is 0 Å². The molecule has 30 heavy (non-hydrogen) atoms. The molecule has 2 fully saturated rings. The number of hydrogen-bond acceptors (Lipinski definition) is 6. The van der Waals surface area contributed by atoms with Gasteiger partial charge in [-0.05, 0) is 42.7 Å². The largest absolute Gasteiger partial charge is 0.340 e. The molecule has 2 aromatic heterocycles. The summed E-state index contributed by atoms with van der Waals surface area (Å²) in [6.45, 7) is 5.15. The van der Waals surface area contributed by atoms with Gasteiger partial charge in [-0.3, -0.25) is 14.7 Å². The highest BCUT2D eigenvalue weighted by molar-refractivity contribution is 7.91. The van der Waals surface area contributed by atoms with Crippen LogP contribution in [0.15, 0.2) is 40.9 Å². The Morgan fingerprint density at radius 3 is 2.33 bits per heavy atom. The van der Waals surface area contributed by atoms with Gasteiger partial charge in [-0.1, -0.05) is 6.42 Å². The minimum absolute atomic E-state index is 0.0716. The molecule has 0 aliphatic carbocycles. The van der Waals surface area contributed by atoms with E-state index in [4.69, 9.17) is 0 Å². The highest BCUT2D eigenvalue weighted by atomic mass is 32.2. The van der Waals surface area contributed by atoms with Gasteiger partial charge in [0, 0.05) is 63.1 Å². The molecular formula is C21H28N4O3S2. The summed E-state index contributed by atoms with van der Waals surface area (Å²) in [4.78, 5) is 21.8. The molecule has 0 bridgehead atoms. The topological polar surface area (TPSA) is 73.8 Å². The van der Waals surface area contributed by atoms with Gasteiger partial charge >= 0.3 is 0 Å². The predicted octanol–water partition coefficient (Wildman–Crippen LogP) is 2.20. The Labute approximate surface area is 182 Å². The molecule has 9 heteroatoms. The molecule has 0 radical (unpaired) electrons. The van der Waals surface area contributed by atoms with Crippen molar-refractivity contribution < 1.29 is 13.2 Å². The summed E-state index contributed by atoms with van der Waals surface area (Å²) in [5.41, 5.74) is 1.23. The van der Waals surface area contributed by atoms with Crippen LogP contribution in [-0.2, 0) is 27.8 Å². The van der Waals surface area contributed by atoms with E-state index in [9.17, 15) is 13.2 Å². The predicted molar refractivity (Wildman–Crippen MR) is 117 cm³/mol. The van der Waals surface area contributed by atoms with Crippen LogP contribution >= 0.6 is 11.3 Å². The molecule has 2 aliphatic rings. The SMILES string of the molecule is O=C(Cc1ccc(S(=O)(=O)N2CCCCC2)s1)N1CCN(Cc2ccncc2)CC1. The van der Waals surface area contributed by atoms with Crippen LogP contribution in [0.25, 0.3) is 0 Å². The van der Waals surface area contributed by atoms with E-state index in [-0.39, 0.29) is 12.3 Å². The van der Waals surface area contributed by atoms with E-state index >= 15 is 0 Å². The molecule has 162 valence electrons. The average molecular weight is 449 g/mol. The first-order valence-corrected chi connectivity index (χ1v) is 12.8. The molecule has 2 aromatic rings. The van der Waals surface area contributed by atoms with E-state index in [0.717, 1.165) is 43.8 Å². The van der Waals surface area contributed by atoms with Crippen molar-refractivity contribution >= 4 is 27.3 Å². The number of carbonyl (C=O) groups is 1. The maximum atomic E-state index is 12.8. The maximum absolute atomic E-state index is 12.8. The number of nitrogens with zero attached hydrogens (tertiary/aromatic N) is 4. The average Bonchev–Trinajstić information content (AvgIpc) is 3.25. The molecule has 7 nitrogen and oxygen atoms in total. The van der Waals surface area contributed by atoms with Crippen LogP contribution in [0.1, 0.15) is 29.7 Å². The van der Waals surface area contributed by atoms with Crippen molar-refractivity contribution in [2.24, 2.45) is 0 Å². The summed E-state index contributed by atoms with van der Waals surface area (Å²) in [6, 6.07) is 7.48. The second-order valence-electron chi connectivity index (χ2n) is 7.87. The third-order valence-electron chi connectivity index (χ3n) is 5.75. The number of piperazine rings is 1. The van der Waals surface area contributed by atoms with Crippen molar-refractivity contribution in [2.75, 3.05) is 39.3 Å². The van der Waals surface area contributed by atoms with Gasteiger partial charge in [0.1, 0.15) is 4.21 Å². The van der Waals surface area contributed by atoms with E-state index in [0.29, 0.717) is 30.4 Å². The number of amides is 1. The molecule has 2 saturated heterocycles. The number of sulfonamides is 1. The van der Waals surface area contributed by atoms with E-state index in [1.807, 2.05) is 17.0 Å². The minimum atomic E-state index is -3.42. The van der Waals surface area contributed by atoms with Crippen molar-refractivity contribution in [2.45, 2.75) is 36.4 Å². The van der Waals surface area contributed by atoms with Gasteiger partial charge in [0.05, 0.1) is 6.42 Å². The zero-order valence-corrected chi connectivity index (χ0v) is 18.7. The second-order valence-corrected chi connectivity index (χ2v) is 11.2. The first-order valence-electron chi connectivity index (χ1n) is 10.5. The lowest BCUT2D eigenvalue weighted by Crippen LogP contribution is -2.48. The van der Waals surface area contributed by atoms with Crippen LogP contribution in [0.2, 0.25) is 0 Å². The first kappa shape index (κ1) is 21.4. The first-order chi connectivity index (χ1) is 14.5. The van der Waals surface area contributed by atoms with E-state index in [2.05, 4.69) is 9.88 Å². The lowest BCUT2D eigenvalue weighted by atomic mass is 10.2. The molecule has 4 heterocycles. The summed E-state index contributed by atoms with van der Waals surface area (Å²) in [5, 5.41) is 0. The van der Waals surface area contributed by atoms with Gasteiger partial charge in [-0.25, -0.2) is 8.42 Å². The fourth-order valence-electron chi connectivity index (χ4n) is 3.99. The normalized spacial score (nSPS) is 19.1. The molecule has 0 spiro atoms. The number of carbonyl (C=O) groups excluding carboxylic acids is 1. The van der Waals surface area contributed by atoms with Crippen LogP contribution in [0.3, 0.4) is 0 Å². The Hall–Kier alpha value is -1.81. The monoisotopic (exact) mass is 448 g/mol. The Morgan fingerprint density at radius 1 is 0.933 bits per heavy atom. The molecular weight excluding hydrogens is 420 g/mol. The fourth-order valence-corrected chi connectivity index (χ4v) is 7.01. The second kappa shape index (κ2) is 9.55. The van der Waals surface area contributed by atoms with Crippen molar-refractivity contribution in [1.29, 1.82) is 0 Å². The standard InChI is InChI=1S/C21H28N4O3S2/c26-20(24-14-12-23(13-15-24)17-18-6-8-22-9-7-18)16-19-4-5-21(29-19)30(27,28)25-10-2-1-3-11-25/h4-9H,1-3,10-17H2. The van der Waals surface area contributed by atoms with Gasteiger partial charge in [0.15, 0.2) is 0 Å². The van der Waals surface area contributed by atoms with Gasteiger partial charge in [-0.15, -0.1) is 11.3 Å². The Morgan fingerprint density at radius 2 is 1.63 bits per heavy atom. The van der Waals surface area contributed by atoms with Crippen molar-refractivity contribution in [1.82, 2.24) is 19.1 Å². The van der Waals surface area contributed by atoms with Gasteiger partial charge in [0.25, 0.3) is 10.0 Å². The highest BCUT2D eigenvalue weighted by Crippen LogP contribution is 2.27. The van der Waals surface area contributed by atoms with Crippen LogP contribution in [0, 0.1) is 0 Å². The van der Waals surface area contributed by atoms with E-state index in [1.54, 1.807) is 28.8 Å². The fraction of sp³-hybridized carbons (Fsp3) is 0.524. The molecule has 1 amide bonds. The van der Waals surface area contributed by atoms with Crippen molar-refractivity contribution in [3.8, 4) is 0 Å². The number of thiophene rings is 1. The minimum Gasteiger partial charge on any atom is -0.340 e. The number of hydrogen-bond donors (Lipinski definition) is 0. The maximum Gasteiger partial charge on any atom is 0.252 e. The van der Waals surface area contributed by atoms with Crippen LogP contribution in [-0.4, -0.2) is 72.7 Å². The molecule has 0 N–H and O–H groups in total. The highest BCUT2D eigenvalue weighted by Gasteiger charge is 2.28. The summed E-state index contributed by atoms with van der Waals surface area (Å²) >= 11 is 1.23. The molecule has 2 aliphatic heterocycles. The van der Waals surface area contributed by atoms with Gasteiger partial charge in [0.2, 0.25) is 5.91 Å². The Bertz CT molecular complexity index is 948. The lowest BCUT2D eigenvalue weighted by Gasteiger charge is -2.34. The smallest absolute Gasteiger partial charge is 0.252 e. The Balaban J connectivity index is 1.30. The van der Waals surface area contributed by atoms with Crippen molar-refractivity contribution in [3.05, 3.63) is 47.1 Å². The molecule has 0 atom stereocenters. The zero-order chi connectivity index (χ0) is 21.0. The number of aromatic nitrogens is 1. The molecule has 0 unspecified atom stereocenters. The van der Waals surface area contributed by atoms with Gasteiger partial charge in [-0.2, -0.15) is 4.31 Å². The summed E-state index contributed by atoms with van der Waals surface area (Å²) in [7, 11) is -3.42. The van der Waals surface area contributed by atoms with Gasteiger partial charge < -0.3 is 4.90 Å². The third kappa shape index (κ3) is 5.08. The number of rotatable bonds is 6. The summed E-state index contributed by atoms with van der Waals surface area (Å²) < 4.78 is 27.5. The quantitative estimate of drug-likeness (QED) is 0.677. The zero-order valence-electron chi connectivity index (χ0n) is 17.1. The Kier molecular flexibility index (Phi) is 6.82. The number of pyridine rings is 1. The lowest BCUT2D eigenvalue weighted by molar-refractivity contribution is -0.132. The van der Waals surface area contributed by atoms with Crippen molar-refractivity contribution in [3.63, 3.8) is 0 Å². The third-order valence-corrected chi connectivity index (χ3v) is 9.20. The molecule has 0 aromatic carbocycles. The summed E-state index contributed by atoms with van der Waals surface area (Å²) in [5.74, 6) is 0.0716. The number of piperidine rings is 1.